The molecular weight excluding hydrogens is 342 g/mol. The Kier molecular flexibility index (Phi) is 6.90. The first-order valence-corrected chi connectivity index (χ1v) is 9.94. The fraction of sp³-hybridized carbons (Fsp3) is 0.650. The molecule has 7 heteroatoms. The Morgan fingerprint density at radius 3 is 2.78 bits per heavy atom. The van der Waals surface area contributed by atoms with E-state index in [0.717, 1.165) is 43.9 Å². The van der Waals surface area contributed by atoms with Gasteiger partial charge in [0.25, 0.3) is 0 Å². The van der Waals surface area contributed by atoms with Crippen LogP contribution in [0, 0.1) is 5.92 Å². The number of rotatable bonds is 5. The summed E-state index contributed by atoms with van der Waals surface area (Å²) in [7, 11) is 3.37. The molecule has 0 aromatic carbocycles. The van der Waals surface area contributed by atoms with E-state index in [2.05, 4.69) is 20.6 Å². The lowest BCUT2D eigenvalue weighted by Gasteiger charge is -2.26. The predicted molar refractivity (Wildman–Crippen MR) is 106 cm³/mol. The number of nitrogens with one attached hydrogen (secondary N) is 2. The van der Waals surface area contributed by atoms with Gasteiger partial charge in [0.05, 0.1) is 7.11 Å². The quantitative estimate of drug-likeness (QED) is 0.609. The topological polar surface area (TPSA) is 78.9 Å². The van der Waals surface area contributed by atoms with E-state index >= 15 is 0 Å². The summed E-state index contributed by atoms with van der Waals surface area (Å²) < 4.78 is 5.08. The van der Waals surface area contributed by atoms with Gasteiger partial charge in [-0.25, -0.2) is 4.98 Å². The summed E-state index contributed by atoms with van der Waals surface area (Å²) in [6.45, 7) is 2.24. The zero-order chi connectivity index (χ0) is 19.1. The van der Waals surface area contributed by atoms with Crippen LogP contribution in [0.5, 0.6) is 5.88 Å². The zero-order valence-corrected chi connectivity index (χ0v) is 16.4. The molecule has 2 aliphatic rings. The molecule has 1 saturated heterocycles. The molecular formula is C20H31N5O2. The summed E-state index contributed by atoms with van der Waals surface area (Å²) in [4.78, 5) is 23.3. The van der Waals surface area contributed by atoms with E-state index in [4.69, 9.17) is 4.74 Å². The number of hydrogen-bond acceptors (Lipinski definition) is 4. The number of carbonyl (C=O) groups is 1. The van der Waals surface area contributed by atoms with Gasteiger partial charge in [0.1, 0.15) is 0 Å². The molecule has 3 rings (SSSR count). The number of hydrogen-bond donors (Lipinski definition) is 2. The van der Waals surface area contributed by atoms with Crippen molar-refractivity contribution in [3.8, 4) is 5.88 Å². The molecule has 1 saturated carbocycles. The lowest BCUT2D eigenvalue weighted by Crippen LogP contribution is -2.45. The Balaban J connectivity index is 1.45. The molecule has 2 N–H and O–H groups in total. The summed E-state index contributed by atoms with van der Waals surface area (Å²) in [6, 6.07) is 4.07. The van der Waals surface area contributed by atoms with E-state index in [1.54, 1.807) is 20.4 Å². The molecule has 1 unspecified atom stereocenters. The van der Waals surface area contributed by atoms with Crippen molar-refractivity contribution in [3.63, 3.8) is 0 Å². The number of aliphatic imine (C=N–C) groups is 1. The molecule has 0 bridgehead atoms. The van der Waals surface area contributed by atoms with Gasteiger partial charge in [-0.05, 0) is 24.8 Å². The first-order chi connectivity index (χ1) is 13.2. The number of nitrogens with zero attached hydrogens (tertiary/aromatic N) is 3. The summed E-state index contributed by atoms with van der Waals surface area (Å²) >= 11 is 0. The second kappa shape index (κ2) is 9.58. The van der Waals surface area contributed by atoms with Gasteiger partial charge < -0.3 is 20.3 Å². The van der Waals surface area contributed by atoms with Crippen LogP contribution in [0.3, 0.4) is 0 Å². The normalized spacial score (nSPS) is 21.2. The van der Waals surface area contributed by atoms with Gasteiger partial charge in [-0.2, -0.15) is 0 Å². The van der Waals surface area contributed by atoms with Crippen LogP contribution in [0.1, 0.15) is 44.1 Å². The standard InChI is InChI=1S/C20H31N5O2/c1-21-20(23-13-15-8-9-18(27-2)22-12-15)24-17-10-11-25(14-17)19(26)16-6-4-3-5-7-16/h8-9,12,16-17H,3-7,10-11,13-14H2,1-2H3,(H2,21,23,24). The van der Waals surface area contributed by atoms with Gasteiger partial charge in [0.15, 0.2) is 5.96 Å². The van der Waals surface area contributed by atoms with Crippen LogP contribution in [-0.2, 0) is 11.3 Å². The number of ether oxygens (including phenoxy) is 1. The van der Waals surface area contributed by atoms with Gasteiger partial charge in [0.2, 0.25) is 11.8 Å². The van der Waals surface area contributed by atoms with Gasteiger partial charge in [-0.15, -0.1) is 0 Å². The first-order valence-electron chi connectivity index (χ1n) is 9.94. The molecule has 1 aliphatic heterocycles. The second-order valence-corrected chi connectivity index (χ2v) is 7.38. The van der Waals surface area contributed by atoms with Crippen LogP contribution in [0.4, 0.5) is 0 Å². The fourth-order valence-electron chi connectivity index (χ4n) is 3.90. The van der Waals surface area contributed by atoms with Gasteiger partial charge in [-0.3, -0.25) is 9.79 Å². The maximum atomic E-state index is 12.7. The number of amides is 1. The third-order valence-electron chi connectivity index (χ3n) is 5.49. The van der Waals surface area contributed by atoms with Gasteiger partial charge in [-0.1, -0.05) is 25.3 Å². The van der Waals surface area contributed by atoms with Crippen LogP contribution < -0.4 is 15.4 Å². The molecule has 7 nitrogen and oxygen atoms in total. The minimum absolute atomic E-state index is 0.248. The van der Waals surface area contributed by atoms with Crippen molar-refractivity contribution in [3.05, 3.63) is 23.9 Å². The van der Waals surface area contributed by atoms with Crippen molar-refractivity contribution < 1.29 is 9.53 Å². The largest absolute Gasteiger partial charge is 0.481 e. The first kappa shape index (κ1) is 19.5. The number of aromatic nitrogens is 1. The van der Waals surface area contributed by atoms with E-state index < -0.39 is 0 Å². The third kappa shape index (κ3) is 5.34. The Bertz CT molecular complexity index is 640. The Labute approximate surface area is 161 Å². The molecule has 0 spiro atoms. The molecule has 27 heavy (non-hydrogen) atoms. The minimum atomic E-state index is 0.248. The smallest absolute Gasteiger partial charge is 0.225 e. The molecule has 1 aromatic heterocycles. The Hall–Kier alpha value is -2.31. The monoisotopic (exact) mass is 373 g/mol. The highest BCUT2D eigenvalue weighted by atomic mass is 16.5. The molecule has 1 aromatic rings. The third-order valence-corrected chi connectivity index (χ3v) is 5.49. The van der Waals surface area contributed by atoms with Crippen LogP contribution >= 0.6 is 0 Å². The van der Waals surface area contributed by atoms with E-state index in [1.165, 1.54) is 19.3 Å². The van der Waals surface area contributed by atoms with Crippen molar-refractivity contribution in [2.75, 3.05) is 27.2 Å². The van der Waals surface area contributed by atoms with Crippen LogP contribution in [0.2, 0.25) is 0 Å². The predicted octanol–water partition coefficient (Wildman–Crippen LogP) is 1.94. The van der Waals surface area contributed by atoms with E-state index in [9.17, 15) is 4.79 Å². The van der Waals surface area contributed by atoms with Crippen molar-refractivity contribution in [2.24, 2.45) is 10.9 Å². The Morgan fingerprint density at radius 1 is 1.30 bits per heavy atom. The molecule has 0 radical (unpaired) electrons. The summed E-state index contributed by atoms with van der Waals surface area (Å²) in [6.07, 6.45) is 8.55. The molecule has 1 aliphatic carbocycles. The van der Waals surface area contributed by atoms with E-state index in [0.29, 0.717) is 18.3 Å². The highest BCUT2D eigenvalue weighted by Crippen LogP contribution is 2.26. The van der Waals surface area contributed by atoms with E-state index in [-0.39, 0.29) is 12.0 Å². The maximum absolute atomic E-state index is 12.7. The fourth-order valence-corrected chi connectivity index (χ4v) is 3.90. The van der Waals surface area contributed by atoms with Crippen molar-refractivity contribution in [2.45, 2.75) is 51.1 Å². The minimum Gasteiger partial charge on any atom is -0.481 e. The highest BCUT2D eigenvalue weighted by Gasteiger charge is 2.31. The van der Waals surface area contributed by atoms with Crippen molar-refractivity contribution in [1.29, 1.82) is 0 Å². The zero-order valence-electron chi connectivity index (χ0n) is 16.4. The van der Waals surface area contributed by atoms with Crippen LogP contribution in [-0.4, -0.2) is 55.0 Å². The number of methoxy groups -OCH3 is 1. The number of likely N-dealkylation sites (tertiary alicyclic amines) is 1. The average Bonchev–Trinajstić information content (AvgIpc) is 3.20. The van der Waals surface area contributed by atoms with Crippen LogP contribution in [0.15, 0.2) is 23.3 Å². The SMILES string of the molecule is CN=C(NCc1ccc(OC)nc1)NC1CCN(C(=O)C2CCCCC2)C1. The van der Waals surface area contributed by atoms with Crippen LogP contribution in [0.25, 0.3) is 0 Å². The summed E-state index contributed by atoms with van der Waals surface area (Å²) in [5, 5.41) is 6.76. The maximum Gasteiger partial charge on any atom is 0.225 e. The van der Waals surface area contributed by atoms with Gasteiger partial charge >= 0.3 is 0 Å². The molecule has 148 valence electrons. The number of pyridine rings is 1. The lowest BCUT2D eigenvalue weighted by molar-refractivity contribution is -0.135. The van der Waals surface area contributed by atoms with E-state index in [1.807, 2.05) is 17.0 Å². The number of carbonyl (C=O) groups excluding carboxylic acids is 1. The summed E-state index contributed by atoms with van der Waals surface area (Å²) in [5.74, 6) is 1.96. The second-order valence-electron chi connectivity index (χ2n) is 7.38. The average molecular weight is 374 g/mol. The lowest BCUT2D eigenvalue weighted by atomic mass is 9.88. The van der Waals surface area contributed by atoms with Crippen molar-refractivity contribution in [1.82, 2.24) is 20.5 Å². The summed E-state index contributed by atoms with van der Waals surface area (Å²) in [5.41, 5.74) is 1.05. The highest BCUT2D eigenvalue weighted by molar-refractivity contribution is 5.81. The molecule has 2 fully saturated rings. The molecule has 1 atom stereocenters. The van der Waals surface area contributed by atoms with Crippen molar-refractivity contribution >= 4 is 11.9 Å². The molecule has 2 heterocycles. The van der Waals surface area contributed by atoms with Gasteiger partial charge in [0, 0.05) is 50.9 Å². The Morgan fingerprint density at radius 2 is 2.11 bits per heavy atom. The number of guanidine groups is 1. The molecule has 1 amide bonds.